The minimum Gasteiger partial charge on any atom is -0.469 e. The van der Waals surface area contributed by atoms with E-state index in [2.05, 4.69) is 33.8 Å². The molecule has 3 fully saturated rings. The van der Waals surface area contributed by atoms with E-state index in [1.165, 1.54) is 7.11 Å². The van der Waals surface area contributed by atoms with Crippen LogP contribution in [-0.4, -0.2) is 54.5 Å². The number of cyclic esters (lactones) is 1. The Kier molecular flexibility index (Phi) is 5.67. The zero-order valence-corrected chi connectivity index (χ0v) is 24.2. The van der Waals surface area contributed by atoms with E-state index in [9.17, 15) is 19.5 Å². The van der Waals surface area contributed by atoms with E-state index in [4.69, 9.17) is 18.9 Å². The number of carbonyl (C=O) groups excluding carboxylic acids is 3. The van der Waals surface area contributed by atoms with Gasteiger partial charge in [0.2, 0.25) is 0 Å². The van der Waals surface area contributed by atoms with Gasteiger partial charge in [0.1, 0.15) is 12.4 Å². The third-order valence-corrected chi connectivity index (χ3v) is 12.0. The van der Waals surface area contributed by atoms with Crippen LogP contribution in [-0.2, 0) is 33.3 Å². The van der Waals surface area contributed by atoms with Crippen molar-refractivity contribution in [2.24, 2.45) is 39.4 Å². The smallest absolute Gasteiger partial charge is 0.313 e. The normalized spacial score (nSPS) is 45.7. The van der Waals surface area contributed by atoms with Crippen molar-refractivity contribution < 1.29 is 38.4 Å². The van der Waals surface area contributed by atoms with Crippen LogP contribution >= 0.6 is 0 Å². The van der Waals surface area contributed by atoms with Gasteiger partial charge < -0.3 is 24.1 Å². The number of esters is 3. The second-order valence-electron chi connectivity index (χ2n) is 14.4. The van der Waals surface area contributed by atoms with Crippen molar-refractivity contribution in [3.63, 3.8) is 0 Å². The standard InChI is InChI=1S/C31H42O8/c1-27(2)14-23(34)38-17-10-11-29(5)16(24(17)25(27)26(35)36-7)8-9-18-30(29,6)20(32)12-19-28(3,4)39-21-13-22(33)37-15-31(18,19)21/h8,18-21,25,32H,9-15H2,1-7H3/t18-,19-,20+,21-,25-,29+,30-,31+/m0/s1. The number of rotatable bonds is 1. The van der Waals surface area contributed by atoms with E-state index < -0.39 is 39.3 Å². The quantitative estimate of drug-likeness (QED) is 0.387. The van der Waals surface area contributed by atoms with E-state index in [-0.39, 0.29) is 48.7 Å². The Morgan fingerprint density at radius 2 is 1.79 bits per heavy atom. The molecule has 2 saturated heterocycles. The summed E-state index contributed by atoms with van der Waals surface area (Å²) in [5.41, 5.74) is -1.00. The van der Waals surface area contributed by atoms with Gasteiger partial charge in [-0.2, -0.15) is 0 Å². The first-order chi connectivity index (χ1) is 18.1. The summed E-state index contributed by atoms with van der Waals surface area (Å²) >= 11 is 0. The molecule has 0 amide bonds. The van der Waals surface area contributed by atoms with Crippen molar-refractivity contribution in [3.05, 3.63) is 23.0 Å². The summed E-state index contributed by atoms with van der Waals surface area (Å²) in [6, 6.07) is 0. The molecule has 3 heterocycles. The van der Waals surface area contributed by atoms with Gasteiger partial charge in [-0.25, -0.2) is 0 Å². The van der Waals surface area contributed by atoms with E-state index in [0.717, 1.165) is 11.1 Å². The second kappa shape index (κ2) is 8.19. The number of methoxy groups -OCH3 is 1. The van der Waals surface area contributed by atoms with Crippen molar-refractivity contribution in [3.8, 4) is 0 Å². The molecule has 0 aromatic heterocycles. The maximum absolute atomic E-state index is 13.4. The highest BCUT2D eigenvalue weighted by molar-refractivity contribution is 5.83. The first kappa shape index (κ1) is 27.0. The zero-order valence-electron chi connectivity index (χ0n) is 24.2. The van der Waals surface area contributed by atoms with Gasteiger partial charge in [0, 0.05) is 34.2 Å². The molecule has 1 saturated carbocycles. The highest BCUT2D eigenvalue weighted by Crippen LogP contribution is 2.74. The molecular formula is C31H42O8. The van der Waals surface area contributed by atoms with Crippen LogP contribution in [0.2, 0.25) is 0 Å². The predicted octanol–water partition coefficient (Wildman–Crippen LogP) is 4.25. The lowest BCUT2D eigenvalue weighted by Crippen LogP contribution is -2.68. The number of hydrogen-bond donors (Lipinski definition) is 1. The van der Waals surface area contributed by atoms with Crippen LogP contribution in [0.4, 0.5) is 0 Å². The zero-order chi connectivity index (χ0) is 28.3. The third-order valence-electron chi connectivity index (χ3n) is 12.0. The Balaban J connectivity index is 1.55. The van der Waals surface area contributed by atoms with Crippen molar-refractivity contribution in [2.75, 3.05) is 13.7 Å². The number of aliphatic hydroxyl groups excluding tert-OH is 1. The maximum Gasteiger partial charge on any atom is 0.313 e. The van der Waals surface area contributed by atoms with E-state index in [1.807, 2.05) is 13.8 Å². The van der Waals surface area contributed by atoms with Gasteiger partial charge in [0.25, 0.3) is 0 Å². The van der Waals surface area contributed by atoms with Crippen molar-refractivity contribution in [1.82, 2.24) is 0 Å². The average Bonchev–Trinajstić information content (AvgIpc) is 2.99. The Morgan fingerprint density at radius 3 is 2.49 bits per heavy atom. The van der Waals surface area contributed by atoms with Gasteiger partial charge in [0.15, 0.2) is 0 Å². The minimum absolute atomic E-state index is 0.00700. The lowest BCUT2D eigenvalue weighted by molar-refractivity contribution is -0.223. The molecule has 0 aromatic carbocycles. The summed E-state index contributed by atoms with van der Waals surface area (Å²) in [4.78, 5) is 38.6. The molecule has 8 heteroatoms. The molecule has 1 spiro atoms. The Labute approximate surface area is 230 Å². The second-order valence-corrected chi connectivity index (χ2v) is 14.4. The average molecular weight is 543 g/mol. The monoisotopic (exact) mass is 542 g/mol. The lowest BCUT2D eigenvalue weighted by Gasteiger charge is -2.67. The summed E-state index contributed by atoms with van der Waals surface area (Å²) in [6.07, 6.45) is 3.98. The Bertz CT molecular complexity index is 1210. The molecule has 0 aromatic rings. The Morgan fingerprint density at radius 1 is 1.08 bits per heavy atom. The summed E-state index contributed by atoms with van der Waals surface area (Å²) < 4.78 is 23.6. The van der Waals surface area contributed by atoms with Crippen molar-refractivity contribution >= 4 is 17.9 Å². The molecule has 0 bridgehead atoms. The van der Waals surface area contributed by atoms with Crippen LogP contribution < -0.4 is 0 Å². The molecule has 8 atom stereocenters. The van der Waals surface area contributed by atoms with Gasteiger partial charge in [-0.05, 0) is 50.0 Å². The SMILES string of the molecule is COC(=O)[C@@H]1C2=C(CC[C@]3(C)C2=CC[C@@H]2[C@@]45COC(=O)C[C@@H]4OC(C)(C)[C@@H]5C[C@@H](O)[C@]23C)OC(=O)CC1(C)C. The van der Waals surface area contributed by atoms with Gasteiger partial charge in [-0.3, -0.25) is 14.4 Å². The largest absolute Gasteiger partial charge is 0.469 e. The van der Waals surface area contributed by atoms with Crippen LogP contribution in [0.25, 0.3) is 0 Å². The molecule has 6 aliphatic rings. The highest BCUT2D eigenvalue weighted by Gasteiger charge is 2.75. The molecule has 3 aliphatic carbocycles. The minimum atomic E-state index is -0.709. The van der Waals surface area contributed by atoms with Crippen LogP contribution in [0, 0.1) is 39.4 Å². The summed E-state index contributed by atoms with van der Waals surface area (Å²) in [5.74, 6) is -1.03. The predicted molar refractivity (Wildman–Crippen MR) is 140 cm³/mol. The first-order valence-electron chi connectivity index (χ1n) is 14.4. The van der Waals surface area contributed by atoms with E-state index in [1.54, 1.807) is 0 Å². The molecule has 0 radical (unpaired) electrons. The number of carbonyl (C=O) groups is 3. The number of allylic oxidation sites excluding steroid dienone is 3. The van der Waals surface area contributed by atoms with Gasteiger partial charge >= 0.3 is 17.9 Å². The molecule has 0 unspecified atom stereocenters. The van der Waals surface area contributed by atoms with Crippen LogP contribution in [0.5, 0.6) is 0 Å². The number of aliphatic hydroxyl groups is 1. The lowest BCUT2D eigenvalue weighted by atomic mass is 9.36. The molecule has 1 N–H and O–H groups in total. The van der Waals surface area contributed by atoms with Crippen molar-refractivity contribution in [1.29, 1.82) is 0 Å². The van der Waals surface area contributed by atoms with E-state index >= 15 is 0 Å². The van der Waals surface area contributed by atoms with Gasteiger partial charge in [0.05, 0.1) is 43.7 Å². The molecule has 39 heavy (non-hydrogen) atoms. The topological polar surface area (TPSA) is 108 Å². The number of fused-ring (bicyclic) bond motifs is 4. The summed E-state index contributed by atoms with van der Waals surface area (Å²) in [5, 5.41) is 12.1. The first-order valence-corrected chi connectivity index (χ1v) is 14.4. The van der Waals surface area contributed by atoms with Crippen LogP contribution in [0.3, 0.4) is 0 Å². The Hall–Kier alpha value is -2.19. The number of hydrogen-bond acceptors (Lipinski definition) is 8. The molecule has 6 rings (SSSR count). The molecule has 3 aliphatic heterocycles. The summed E-state index contributed by atoms with van der Waals surface area (Å²) in [6.45, 7) is 12.7. The van der Waals surface area contributed by atoms with Crippen LogP contribution in [0.15, 0.2) is 23.0 Å². The molecular weight excluding hydrogens is 500 g/mol. The fourth-order valence-corrected chi connectivity index (χ4v) is 10.0. The third kappa shape index (κ3) is 3.27. The fraction of sp³-hybridized carbons (Fsp3) is 0.774. The molecule has 8 nitrogen and oxygen atoms in total. The molecule has 214 valence electrons. The van der Waals surface area contributed by atoms with Crippen LogP contribution in [0.1, 0.15) is 80.1 Å². The van der Waals surface area contributed by atoms with Gasteiger partial charge in [-0.1, -0.05) is 33.8 Å². The van der Waals surface area contributed by atoms with E-state index in [0.29, 0.717) is 38.0 Å². The van der Waals surface area contributed by atoms with Crippen molar-refractivity contribution in [2.45, 2.75) is 97.9 Å². The summed E-state index contributed by atoms with van der Waals surface area (Å²) in [7, 11) is 1.39. The number of ether oxygens (including phenoxy) is 4. The fourth-order valence-electron chi connectivity index (χ4n) is 10.0. The maximum atomic E-state index is 13.4. The highest BCUT2D eigenvalue weighted by atomic mass is 16.6. The van der Waals surface area contributed by atoms with Gasteiger partial charge in [-0.15, -0.1) is 0 Å².